The van der Waals surface area contributed by atoms with Crippen LogP contribution in [0.25, 0.3) is 0 Å². The van der Waals surface area contributed by atoms with Gasteiger partial charge in [-0.1, -0.05) is 18.2 Å². The molecular formula is C28H37N5O6. The lowest BCUT2D eigenvalue weighted by molar-refractivity contribution is -0.136. The lowest BCUT2D eigenvalue weighted by atomic mass is 9.95. The number of aliphatic hydroxyl groups excluding tert-OH is 1. The second-order valence-corrected chi connectivity index (χ2v) is 8.68. The lowest BCUT2D eigenvalue weighted by Gasteiger charge is -2.28. The zero-order valence-corrected chi connectivity index (χ0v) is 23.0. The smallest absolute Gasteiger partial charge is 0.337 e. The summed E-state index contributed by atoms with van der Waals surface area (Å²) >= 11 is 0. The van der Waals surface area contributed by atoms with Crippen LogP contribution in [0.2, 0.25) is 0 Å². The van der Waals surface area contributed by atoms with Crippen LogP contribution in [0.1, 0.15) is 44.9 Å². The van der Waals surface area contributed by atoms with Crippen molar-refractivity contribution in [3.05, 3.63) is 64.9 Å². The van der Waals surface area contributed by atoms with E-state index in [1.54, 1.807) is 31.3 Å². The summed E-state index contributed by atoms with van der Waals surface area (Å²) in [7, 11) is 1.28. The molecule has 210 valence electrons. The molecule has 4 N–H and O–H groups in total. The number of aliphatic hydroxyl groups is 1. The Labute approximate surface area is 228 Å². The summed E-state index contributed by atoms with van der Waals surface area (Å²) in [5.41, 5.74) is 5.98. The van der Waals surface area contributed by atoms with Gasteiger partial charge in [0.1, 0.15) is 6.61 Å². The van der Waals surface area contributed by atoms with Gasteiger partial charge < -0.3 is 34.9 Å². The van der Waals surface area contributed by atoms with Gasteiger partial charge in [-0.25, -0.2) is 9.59 Å². The number of hydrogen-bond acceptors (Lipinski definition) is 9. The molecule has 0 saturated carbocycles. The van der Waals surface area contributed by atoms with E-state index in [1.165, 1.54) is 7.11 Å². The number of benzene rings is 2. The third kappa shape index (κ3) is 7.64. The van der Waals surface area contributed by atoms with Crippen molar-refractivity contribution in [3.8, 4) is 11.5 Å². The van der Waals surface area contributed by atoms with Gasteiger partial charge in [0, 0.05) is 24.5 Å². The molecule has 0 saturated heterocycles. The van der Waals surface area contributed by atoms with E-state index >= 15 is 0 Å². The number of methoxy groups -OCH3 is 1. The summed E-state index contributed by atoms with van der Waals surface area (Å²) in [4.78, 5) is 26.7. The summed E-state index contributed by atoms with van der Waals surface area (Å²) in [6.45, 7) is 9.82. The number of ether oxygens (including phenoxy) is 3. The number of amides is 2. The molecule has 11 nitrogen and oxygen atoms in total. The number of hydrogen-bond donors (Lipinski definition) is 4. The van der Waals surface area contributed by atoms with Crippen LogP contribution in [0.3, 0.4) is 0 Å². The molecule has 0 unspecified atom stereocenters. The van der Waals surface area contributed by atoms with Crippen LogP contribution in [0, 0.1) is 0 Å². The minimum absolute atomic E-state index is 0.103. The van der Waals surface area contributed by atoms with Crippen molar-refractivity contribution in [2.24, 2.45) is 5.10 Å². The van der Waals surface area contributed by atoms with Crippen LogP contribution in [0.15, 0.2) is 58.8 Å². The van der Waals surface area contributed by atoms with Crippen LogP contribution in [0.4, 0.5) is 10.5 Å². The van der Waals surface area contributed by atoms with Gasteiger partial charge >= 0.3 is 12.0 Å². The van der Waals surface area contributed by atoms with E-state index in [2.05, 4.69) is 39.9 Å². The van der Waals surface area contributed by atoms with Gasteiger partial charge in [-0.15, -0.1) is 0 Å². The fraction of sp³-hybridized carbons (Fsp3) is 0.393. The van der Waals surface area contributed by atoms with E-state index in [-0.39, 0.29) is 12.2 Å². The van der Waals surface area contributed by atoms with Crippen LogP contribution in [-0.4, -0.2) is 63.0 Å². The molecule has 2 atom stereocenters. The van der Waals surface area contributed by atoms with Gasteiger partial charge in [0.05, 0.1) is 31.5 Å². The highest BCUT2D eigenvalue weighted by molar-refractivity contribution is 5.95. The van der Waals surface area contributed by atoms with Crippen LogP contribution < -0.4 is 30.4 Å². The molecule has 0 aliphatic carbocycles. The average Bonchev–Trinajstić information content (AvgIpc) is 2.93. The Hall–Kier alpha value is -4.25. The van der Waals surface area contributed by atoms with Crippen LogP contribution in [-0.2, 0) is 9.53 Å². The maximum absolute atomic E-state index is 12.4. The molecule has 0 fully saturated rings. The second kappa shape index (κ2) is 14.1. The first-order valence-corrected chi connectivity index (χ1v) is 12.9. The molecule has 2 aromatic carbocycles. The number of urea groups is 1. The molecule has 2 amide bonds. The van der Waals surface area contributed by atoms with Gasteiger partial charge in [0.15, 0.2) is 17.7 Å². The first-order valence-electron chi connectivity index (χ1n) is 12.9. The van der Waals surface area contributed by atoms with Gasteiger partial charge in [-0.05, 0) is 63.1 Å². The molecule has 0 aromatic heterocycles. The average molecular weight is 540 g/mol. The molecule has 39 heavy (non-hydrogen) atoms. The molecule has 2 aromatic rings. The SMILES string of the molecule is CCOc1cc([C@H]2NC(=O)NC(C)=C2C(=O)OC)ccc1OC[C@@H](O)N/N=C\c1ccc(N(CC)CC)cc1. The van der Waals surface area contributed by atoms with Crippen molar-refractivity contribution in [1.29, 1.82) is 0 Å². The minimum atomic E-state index is -1.08. The molecular weight excluding hydrogens is 502 g/mol. The Bertz CT molecular complexity index is 1190. The predicted molar refractivity (Wildman–Crippen MR) is 149 cm³/mol. The molecule has 1 heterocycles. The number of nitrogens with zero attached hydrogens (tertiary/aromatic N) is 2. The maximum Gasteiger partial charge on any atom is 0.337 e. The Balaban J connectivity index is 1.65. The Kier molecular flexibility index (Phi) is 10.6. The van der Waals surface area contributed by atoms with Gasteiger partial charge in [-0.3, -0.25) is 5.43 Å². The van der Waals surface area contributed by atoms with E-state index in [0.717, 1.165) is 24.3 Å². The van der Waals surface area contributed by atoms with Crippen molar-refractivity contribution >= 4 is 23.9 Å². The number of carbonyl (C=O) groups is 2. The van der Waals surface area contributed by atoms with Crippen molar-refractivity contribution in [1.82, 2.24) is 16.1 Å². The first-order chi connectivity index (χ1) is 18.8. The van der Waals surface area contributed by atoms with Gasteiger partial charge in [0.2, 0.25) is 0 Å². The number of hydrazone groups is 1. The molecule has 1 aliphatic rings. The van der Waals surface area contributed by atoms with E-state index in [4.69, 9.17) is 14.2 Å². The zero-order chi connectivity index (χ0) is 28.4. The van der Waals surface area contributed by atoms with Crippen LogP contribution in [0.5, 0.6) is 11.5 Å². The van der Waals surface area contributed by atoms with E-state index in [1.807, 2.05) is 31.2 Å². The first kappa shape index (κ1) is 29.3. The third-order valence-corrected chi connectivity index (χ3v) is 6.13. The number of rotatable bonds is 13. The second-order valence-electron chi connectivity index (χ2n) is 8.68. The third-order valence-electron chi connectivity index (χ3n) is 6.13. The molecule has 11 heteroatoms. The number of allylic oxidation sites excluding steroid dienone is 1. The quantitative estimate of drug-likeness (QED) is 0.132. The van der Waals surface area contributed by atoms with Crippen molar-refractivity contribution in [3.63, 3.8) is 0 Å². The number of anilines is 1. The summed E-state index contributed by atoms with van der Waals surface area (Å²) in [6.07, 6.45) is 0.544. The number of esters is 1. The normalized spacial score (nSPS) is 15.8. The van der Waals surface area contributed by atoms with Crippen LogP contribution >= 0.6 is 0 Å². The van der Waals surface area contributed by atoms with Crippen molar-refractivity contribution in [2.45, 2.75) is 40.0 Å². The molecule has 1 aliphatic heterocycles. The summed E-state index contributed by atoms with van der Waals surface area (Å²) in [5, 5.41) is 19.8. The highest BCUT2D eigenvalue weighted by Gasteiger charge is 2.32. The Morgan fingerprint density at radius 3 is 2.49 bits per heavy atom. The topological polar surface area (TPSA) is 134 Å². The summed E-state index contributed by atoms with van der Waals surface area (Å²) in [6, 6.07) is 11.9. The fourth-order valence-corrected chi connectivity index (χ4v) is 4.18. The van der Waals surface area contributed by atoms with Gasteiger partial charge in [-0.2, -0.15) is 5.10 Å². The number of nitrogens with one attached hydrogen (secondary N) is 3. The Morgan fingerprint density at radius 2 is 1.85 bits per heavy atom. The van der Waals surface area contributed by atoms with E-state index < -0.39 is 24.3 Å². The monoisotopic (exact) mass is 539 g/mol. The molecule has 0 radical (unpaired) electrons. The van der Waals surface area contributed by atoms with Gasteiger partial charge in [0.25, 0.3) is 0 Å². The highest BCUT2D eigenvalue weighted by Crippen LogP contribution is 2.34. The number of carbonyl (C=O) groups excluding carboxylic acids is 2. The predicted octanol–water partition coefficient (Wildman–Crippen LogP) is 3.05. The summed E-state index contributed by atoms with van der Waals surface area (Å²) in [5.74, 6) is 0.226. The zero-order valence-electron chi connectivity index (χ0n) is 23.0. The lowest BCUT2D eigenvalue weighted by Crippen LogP contribution is -2.45. The molecule has 3 rings (SSSR count). The van der Waals surface area contributed by atoms with E-state index in [9.17, 15) is 14.7 Å². The summed E-state index contributed by atoms with van der Waals surface area (Å²) < 4.78 is 16.4. The van der Waals surface area contributed by atoms with E-state index in [0.29, 0.717) is 29.4 Å². The molecule has 0 spiro atoms. The maximum atomic E-state index is 12.4. The standard InChI is InChI=1S/C28H37N5O6/c1-6-33(7-2)21-12-9-19(10-13-21)16-29-32-24(34)17-39-22-14-11-20(15-23(22)38-8-3)26-25(27(35)37-5)18(4)30-28(36)31-26/h9-16,24,26,32,34H,6-8,17H2,1-5H3,(H2,30,31,36)/b29-16-/t24-,26-/m1/s1. The minimum Gasteiger partial charge on any atom is -0.490 e. The molecule has 0 bridgehead atoms. The largest absolute Gasteiger partial charge is 0.490 e. The van der Waals surface area contributed by atoms with Crippen molar-refractivity contribution < 1.29 is 28.9 Å². The van der Waals surface area contributed by atoms with Crippen molar-refractivity contribution in [2.75, 3.05) is 38.3 Å². The fourth-order valence-electron chi connectivity index (χ4n) is 4.18. The highest BCUT2D eigenvalue weighted by atomic mass is 16.5. The Morgan fingerprint density at radius 1 is 1.13 bits per heavy atom.